The number of hydrogen-bond donors (Lipinski definition) is 1. The van der Waals surface area contributed by atoms with Crippen LogP contribution in [-0.2, 0) is 10.2 Å². The lowest BCUT2D eigenvalue weighted by atomic mass is 9.65. The van der Waals surface area contributed by atoms with Crippen molar-refractivity contribution in [1.29, 1.82) is 5.26 Å². The Morgan fingerprint density at radius 3 is 2.53 bits per heavy atom. The summed E-state index contributed by atoms with van der Waals surface area (Å²) in [5.41, 5.74) is -0.890. The molecule has 1 aliphatic carbocycles. The fourth-order valence-corrected chi connectivity index (χ4v) is 1.94. The molecule has 6 heteroatoms. The van der Waals surface area contributed by atoms with Gasteiger partial charge in [-0.3, -0.25) is 14.9 Å². The zero-order valence-electron chi connectivity index (χ0n) is 8.71. The van der Waals surface area contributed by atoms with Gasteiger partial charge in [-0.2, -0.15) is 5.26 Å². The van der Waals surface area contributed by atoms with Crippen molar-refractivity contribution in [3.63, 3.8) is 0 Å². The number of Topliss-reactive ketones (excluding diaryl/α,β-unsaturated/α-hetero) is 1. The third-order valence-electron chi connectivity index (χ3n) is 2.94. The maximum atomic E-state index is 11.0. The van der Waals surface area contributed by atoms with Crippen LogP contribution < -0.4 is 0 Å². The van der Waals surface area contributed by atoms with Crippen LogP contribution in [0.3, 0.4) is 0 Å². The van der Waals surface area contributed by atoms with E-state index in [0.29, 0.717) is 5.56 Å². The number of phenols is 1. The zero-order valence-corrected chi connectivity index (χ0v) is 8.71. The van der Waals surface area contributed by atoms with E-state index in [1.54, 1.807) is 0 Å². The van der Waals surface area contributed by atoms with Crippen molar-refractivity contribution in [1.82, 2.24) is 0 Å². The number of hydrogen-bond acceptors (Lipinski definition) is 5. The predicted molar refractivity (Wildman–Crippen MR) is 56.3 cm³/mol. The van der Waals surface area contributed by atoms with Gasteiger partial charge in [0.1, 0.15) is 5.78 Å². The van der Waals surface area contributed by atoms with Crippen molar-refractivity contribution >= 4 is 11.5 Å². The molecule has 2 rings (SSSR count). The highest BCUT2D eigenvalue weighted by Crippen LogP contribution is 2.42. The molecule has 1 aromatic carbocycles. The lowest BCUT2D eigenvalue weighted by molar-refractivity contribution is -0.385. The molecule has 0 unspecified atom stereocenters. The average molecular weight is 232 g/mol. The van der Waals surface area contributed by atoms with E-state index in [-0.39, 0.29) is 18.6 Å². The first-order chi connectivity index (χ1) is 7.98. The highest BCUT2D eigenvalue weighted by molar-refractivity contribution is 5.90. The van der Waals surface area contributed by atoms with Crippen LogP contribution in [0.2, 0.25) is 0 Å². The number of aromatic hydroxyl groups is 1. The number of nitro groups is 1. The molecule has 1 N–H and O–H groups in total. The number of carbonyl (C=O) groups excluding carboxylic acids is 1. The Labute approximate surface area is 96.3 Å². The Hall–Kier alpha value is -2.42. The van der Waals surface area contributed by atoms with Crippen molar-refractivity contribution in [3.8, 4) is 11.8 Å². The van der Waals surface area contributed by atoms with Crippen molar-refractivity contribution in [3.05, 3.63) is 33.9 Å². The molecule has 1 aliphatic rings. The maximum Gasteiger partial charge on any atom is 0.310 e. The summed E-state index contributed by atoms with van der Waals surface area (Å²) >= 11 is 0. The molecular weight excluding hydrogens is 224 g/mol. The minimum Gasteiger partial charge on any atom is -0.502 e. The summed E-state index contributed by atoms with van der Waals surface area (Å²) in [6.07, 6.45) is 0.196. The Kier molecular flexibility index (Phi) is 2.32. The number of carbonyl (C=O) groups is 1. The molecule has 0 radical (unpaired) electrons. The number of nitro benzene ring substituents is 1. The molecule has 0 heterocycles. The molecule has 0 bridgehead atoms. The topological polar surface area (TPSA) is 104 Å². The lowest BCUT2D eigenvalue weighted by Gasteiger charge is -2.33. The second-order valence-electron chi connectivity index (χ2n) is 4.05. The first-order valence-corrected chi connectivity index (χ1v) is 4.89. The number of ketones is 1. The highest BCUT2D eigenvalue weighted by atomic mass is 16.6. The monoisotopic (exact) mass is 232 g/mol. The van der Waals surface area contributed by atoms with Gasteiger partial charge >= 0.3 is 5.69 Å². The van der Waals surface area contributed by atoms with Crippen LogP contribution in [0, 0.1) is 21.4 Å². The van der Waals surface area contributed by atoms with Crippen LogP contribution in [0.1, 0.15) is 18.4 Å². The predicted octanol–water partition coefficient (Wildman–Crippen LogP) is 1.42. The van der Waals surface area contributed by atoms with Gasteiger partial charge in [0.15, 0.2) is 5.75 Å². The van der Waals surface area contributed by atoms with E-state index in [0.717, 1.165) is 6.07 Å². The van der Waals surface area contributed by atoms with Crippen molar-refractivity contribution < 1.29 is 14.8 Å². The van der Waals surface area contributed by atoms with E-state index < -0.39 is 21.8 Å². The normalized spacial score (nSPS) is 17.0. The van der Waals surface area contributed by atoms with E-state index >= 15 is 0 Å². The van der Waals surface area contributed by atoms with Crippen LogP contribution >= 0.6 is 0 Å². The van der Waals surface area contributed by atoms with E-state index in [4.69, 9.17) is 5.26 Å². The van der Waals surface area contributed by atoms with Gasteiger partial charge < -0.3 is 5.11 Å². The summed E-state index contributed by atoms with van der Waals surface area (Å²) < 4.78 is 0. The third kappa shape index (κ3) is 1.61. The number of rotatable bonds is 2. The maximum absolute atomic E-state index is 11.0. The molecule has 86 valence electrons. The molecule has 6 nitrogen and oxygen atoms in total. The standard InChI is InChI=1S/C11H8N2O4/c12-6-11(4-8(14)5-11)7-1-2-9(13(16)17)10(15)3-7/h1-3,15H,4-5H2. The lowest BCUT2D eigenvalue weighted by Crippen LogP contribution is -2.40. The SMILES string of the molecule is N#CC1(c2ccc([N+](=O)[O-])c(O)c2)CC(=O)C1. The Balaban J connectivity index is 2.42. The molecule has 0 saturated heterocycles. The summed E-state index contributed by atoms with van der Waals surface area (Å²) in [5.74, 6) is -0.508. The van der Waals surface area contributed by atoms with Crippen LogP contribution in [-0.4, -0.2) is 15.8 Å². The number of phenolic OH excluding ortho intramolecular Hbond substituents is 1. The molecule has 0 aliphatic heterocycles. The fraction of sp³-hybridized carbons (Fsp3) is 0.273. The van der Waals surface area contributed by atoms with Gasteiger partial charge in [0.25, 0.3) is 0 Å². The smallest absolute Gasteiger partial charge is 0.310 e. The number of benzene rings is 1. The summed E-state index contributed by atoms with van der Waals surface area (Å²) in [7, 11) is 0. The summed E-state index contributed by atoms with van der Waals surface area (Å²) in [4.78, 5) is 20.8. The van der Waals surface area contributed by atoms with Crippen LogP contribution in [0.5, 0.6) is 5.75 Å². The quantitative estimate of drug-likeness (QED) is 0.613. The summed E-state index contributed by atoms with van der Waals surface area (Å²) in [5, 5.41) is 29.0. The first kappa shape index (κ1) is 11.1. The Morgan fingerprint density at radius 2 is 2.12 bits per heavy atom. The van der Waals surface area contributed by atoms with Crippen LogP contribution in [0.25, 0.3) is 0 Å². The van der Waals surface area contributed by atoms with Crippen molar-refractivity contribution in [2.24, 2.45) is 0 Å². The molecule has 0 aromatic heterocycles. The van der Waals surface area contributed by atoms with Crippen molar-refractivity contribution in [2.75, 3.05) is 0 Å². The third-order valence-corrected chi connectivity index (χ3v) is 2.94. The first-order valence-electron chi connectivity index (χ1n) is 4.89. The number of nitrogens with zero attached hydrogens (tertiary/aromatic N) is 2. The second kappa shape index (κ2) is 3.56. The average Bonchev–Trinajstić information content (AvgIpc) is 2.23. The Morgan fingerprint density at radius 1 is 1.47 bits per heavy atom. The second-order valence-corrected chi connectivity index (χ2v) is 4.05. The van der Waals surface area contributed by atoms with E-state index in [2.05, 4.69) is 0 Å². The minimum absolute atomic E-state index is 0.0237. The van der Waals surface area contributed by atoms with E-state index in [1.807, 2.05) is 6.07 Å². The zero-order chi connectivity index (χ0) is 12.6. The van der Waals surface area contributed by atoms with Crippen LogP contribution in [0.15, 0.2) is 18.2 Å². The van der Waals surface area contributed by atoms with Gasteiger partial charge in [-0.1, -0.05) is 6.07 Å². The molecular formula is C11H8N2O4. The van der Waals surface area contributed by atoms with E-state index in [1.165, 1.54) is 12.1 Å². The molecule has 0 amide bonds. The fourth-order valence-electron chi connectivity index (χ4n) is 1.94. The van der Waals surface area contributed by atoms with Crippen molar-refractivity contribution in [2.45, 2.75) is 18.3 Å². The molecule has 1 aromatic rings. The van der Waals surface area contributed by atoms with Crippen LogP contribution in [0.4, 0.5) is 5.69 Å². The Bertz CT molecular complexity index is 551. The molecule has 1 saturated carbocycles. The highest BCUT2D eigenvalue weighted by Gasteiger charge is 2.46. The number of nitriles is 1. The van der Waals surface area contributed by atoms with Gasteiger partial charge in [-0.25, -0.2) is 0 Å². The molecule has 0 spiro atoms. The van der Waals surface area contributed by atoms with Gasteiger partial charge in [0.2, 0.25) is 0 Å². The molecule has 0 atom stereocenters. The largest absolute Gasteiger partial charge is 0.502 e. The van der Waals surface area contributed by atoms with Gasteiger partial charge in [-0.05, 0) is 11.6 Å². The minimum atomic E-state index is -0.927. The van der Waals surface area contributed by atoms with Gasteiger partial charge in [0, 0.05) is 18.9 Å². The van der Waals surface area contributed by atoms with Gasteiger partial charge in [0.05, 0.1) is 16.4 Å². The van der Waals surface area contributed by atoms with E-state index in [9.17, 15) is 20.0 Å². The summed E-state index contributed by atoms with van der Waals surface area (Å²) in [6, 6.07) is 5.78. The summed E-state index contributed by atoms with van der Waals surface area (Å²) in [6.45, 7) is 0. The molecule has 17 heavy (non-hydrogen) atoms. The molecule has 1 fully saturated rings. The van der Waals surface area contributed by atoms with Gasteiger partial charge in [-0.15, -0.1) is 0 Å².